The molecule has 0 aromatic heterocycles. The van der Waals surface area contributed by atoms with Gasteiger partial charge in [0.1, 0.15) is 6.61 Å². The molecule has 0 saturated carbocycles. The molecule has 0 N–H and O–H groups in total. The lowest BCUT2D eigenvalue weighted by Crippen LogP contribution is -2.26. The summed E-state index contributed by atoms with van der Waals surface area (Å²) in [5.74, 6) is 1.54. The fourth-order valence-corrected chi connectivity index (χ4v) is 2.47. The molecule has 2 saturated heterocycles. The number of oxime groups is 1. The van der Waals surface area contributed by atoms with E-state index in [1.807, 2.05) is 0 Å². The molecule has 3 atom stereocenters. The van der Waals surface area contributed by atoms with E-state index >= 15 is 0 Å². The number of hydrogen-bond donors (Lipinski definition) is 0. The van der Waals surface area contributed by atoms with Crippen molar-refractivity contribution in [3.8, 4) is 0 Å². The summed E-state index contributed by atoms with van der Waals surface area (Å²) in [7, 11) is 0. The van der Waals surface area contributed by atoms with Crippen molar-refractivity contribution in [2.75, 3.05) is 26.2 Å². The molecule has 2 aliphatic heterocycles. The second kappa shape index (κ2) is 4.28. The van der Waals surface area contributed by atoms with Crippen LogP contribution >= 0.6 is 31.9 Å². The molecule has 2 heterocycles. The predicted octanol–water partition coefficient (Wildman–Crippen LogP) is 2.02. The van der Waals surface area contributed by atoms with Gasteiger partial charge in [0.25, 0.3) is 0 Å². The van der Waals surface area contributed by atoms with E-state index in [2.05, 4.69) is 41.9 Å². The SMILES string of the molecule is BrC(Br)=NOCC1CN2CCC1C2. The van der Waals surface area contributed by atoms with Crippen LogP contribution in [0.25, 0.3) is 0 Å². The van der Waals surface area contributed by atoms with Gasteiger partial charge in [0.05, 0.1) is 0 Å². The summed E-state index contributed by atoms with van der Waals surface area (Å²) in [6.07, 6.45) is 1.34. The van der Waals surface area contributed by atoms with Crippen LogP contribution in [0.1, 0.15) is 6.42 Å². The second-order valence-electron chi connectivity index (χ2n) is 3.70. The van der Waals surface area contributed by atoms with Gasteiger partial charge in [-0.2, -0.15) is 0 Å². The molecule has 13 heavy (non-hydrogen) atoms. The summed E-state index contributed by atoms with van der Waals surface area (Å²) in [5, 5.41) is 3.80. The third kappa shape index (κ3) is 2.44. The maximum absolute atomic E-state index is 5.20. The average molecular weight is 312 g/mol. The summed E-state index contributed by atoms with van der Waals surface area (Å²) in [5.41, 5.74) is 0. The molecule has 2 bridgehead atoms. The molecular formula is C8H12Br2N2O. The summed E-state index contributed by atoms with van der Waals surface area (Å²) in [6, 6.07) is 0. The highest BCUT2D eigenvalue weighted by molar-refractivity contribution is 9.39. The smallest absolute Gasteiger partial charge is 0.187 e. The van der Waals surface area contributed by atoms with Crippen molar-refractivity contribution < 1.29 is 4.84 Å². The minimum Gasteiger partial charge on any atom is -0.394 e. The monoisotopic (exact) mass is 310 g/mol. The zero-order valence-corrected chi connectivity index (χ0v) is 10.4. The molecule has 0 amide bonds. The van der Waals surface area contributed by atoms with Gasteiger partial charge in [-0.15, -0.1) is 0 Å². The predicted molar refractivity (Wildman–Crippen MR) is 59.3 cm³/mol. The van der Waals surface area contributed by atoms with Crippen LogP contribution in [0, 0.1) is 11.8 Å². The molecule has 2 fully saturated rings. The maximum Gasteiger partial charge on any atom is 0.187 e. The Morgan fingerprint density at radius 2 is 2.31 bits per heavy atom. The van der Waals surface area contributed by atoms with Crippen LogP contribution in [-0.2, 0) is 4.84 Å². The van der Waals surface area contributed by atoms with E-state index in [1.165, 1.54) is 26.1 Å². The van der Waals surface area contributed by atoms with Crippen LogP contribution in [-0.4, -0.2) is 34.7 Å². The van der Waals surface area contributed by atoms with E-state index in [0.29, 0.717) is 9.45 Å². The highest BCUT2D eigenvalue weighted by atomic mass is 79.9. The van der Waals surface area contributed by atoms with Gasteiger partial charge in [0.15, 0.2) is 3.53 Å². The van der Waals surface area contributed by atoms with Gasteiger partial charge >= 0.3 is 0 Å². The average Bonchev–Trinajstić information content (AvgIpc) is 2.64. The van der Waals surface area contributed by atoms with Gasteiger partial charge in [-0.1, -0.05) is 5.16 Å². The molecule has 2 rings (SSSR count). The van der Waals surface area contributed by atoms with Crippen LogP contribution < -0.4 is 0 Å². The topological polar surface area (TPSA) is 24.8 Å². The Hall–Kier alpha value is 0.390. The Morgan fingerprint density at radius 1 is 1.46 bits per heavy atom. The first-order chi connectivity index (χ1) is 6.25. The minimum absolute atomic E-state index is 0.628. The second-order valence-corrected chi connectivity index (χ2v) is 6.26. The van der Waals surface area contributed by atoms with Crippen molar-refractivity contribution in [2.24, 2.45) is 17.0 Å². The highest BCUT2D eigenvalue weighted by Gasteiger charge is 2.38. The quantitative estimate of drug-likeness (QED) is 0.588. The lowest BCUT2D eigenvalue weighted by Gasteiger charge is -2.20. The first-order valence-corrected chi connectivity index (χ1v) is 6.07. The van der Waals surface area contributed by atoms with E-state index in [-0.39, 0.29) is 0 Å². The van der Waals surface area contributed by atoms with Gasteiger partial charge < -0.3 is 9.74 Å². The Morgan fingerprint density at radius 3 is 2.85 bits per heavy atom. The zero-order valence-electron chi connectivity index (χ0n) is 7.25. The lowest BCUT2D eigenvalue weighted by atomic mass is 9.94. The molecule has 0 aromatic rings. The van der Waals surface area contributed by atoms with Gasteiger partial charge in [0, 0.05) is 19.0 Å². The Labute approximate surface area is 94.7 Å². The Kier molecular flexibility index (Phi) is 3.26. The molecule has 0 aromatic carbocycles. The lowest BCUT2D eigenvalue weighted by molar-refractivity contribution is 0.0883. The van der Waals surface area contributed by atoms with Crippen LogP contribution in [0.5, 0.6) is 0 Å². The van der Waals surface area contributed by atoms with E-state index in [1.54, 1.807) is 0 Å². The molecular weight excluding hydrogens is 300 g/mol. The molecule has 3 nitrogen and oxygen atoms in total. The van der Waals surface area contributed by atoms with Crippen LogP contribution in [0.2, 0.25) is 0 Å². The van der Waals surface area contributed by atoms with E-state index in [9.17, 15) is 0 Å². The first-order valence-electron chi connectivity index (χ1n) is 4.49. The molecule has 2 aliphatic rings. The normalized spacial score (nSPS) is 36.3. The van der Waals surface area contributed by atoms with Gasteiger partial charge in [-0.05, 0) is 50.7 Å². The molecule has 0 radical (unpaired) electrons. The molecule has 3 unspecified atom stereocenters. The molecule has 5 heteroatoms. The van der Waals surface area contributed by atoms with Crippen LogP contribution in [0.3, 0.4) is 0 Å². The fourth-order valence-electron chi connectivity index (χ4n) is 2.26. The van der Waals surface area contributed by atoms with Crippen molar-refractivity contribution in [3.05, 3.63) is 0 Å². The zero-order chi connectivity index (χ0) is 9.26. The van der Waals surface area contributed by atoms with Crippen LogP contribution in [0.15, 0.2) is 5.16 Å². The van der Waals surface area contributed by atoms with Gasteiger partial charge in [-0.3, -0.25) is 0 Å². The van der Waals surface area contributed by atoms with Crippen molar-refractivity contribution in [1.82, 2.24) is 4.90 Å². The Balaban J connectivity index is 1.74. The largest absolute Gasteiger partial charge is 0.394 e. The van der Waals surface area contributed by atoms with E-state index < -0.39 is 0 Å². The number of halogens is 2. The number of fused-ring (bicyclic) bond motifs is 2. The Bertz CT molecular complexity index is 218. The van der Waals surface area contributed by atoms with Gasteiger partial charge in [-0.25, -0.2) is 0 Å². The summed E-state index contributed by atoms with van der Waals surface area (Å²) in [6.45, 7) is 4.50. The molecule has 0 aliphatic carbocycles. The van der Waals surface area contributed by atoms with Crippen molar-refractivity contribution >= 4 is 35.4 Å². The standard InChI is InChI=1S/C8H12Br2N2O/c9-8(10)11-13-5-7-4-12-2-1-6(7)3-12/h6-7H,1-5H2. The molecule has 74 valence electrons. The van der Waals surface area contributed by atoms with Crippen LogP contribution in [0.4, 0.5) is 0 Å². The van der Waals surface area contributed by atoms with Crippen molar-refractivity contribution in [2.45, 2.75) is 6.42 Å². The van der Waals surface area contributed by atoms with E-state index in [4.69, 9.17) is 4.84 Å². The third-order valence-corrected chi connectivity index (χ3v) is 3.18. The summed E-state index contributed by atoms with van der Waals surface area (Å²) >= 11 is 6.31. The highest BCUT2D eigenvalue weighted by Crippen LogP contribution is 2.32. The molecule has 0 spiro atoms. The number of rotatable bonds is 3. The third-order valence-electron chi connectivity index (χ3n) is 2.89. The summed E-state index contributed by atoms with van der Waals surface area (Å²) in [4.78, 5) is 7.70. The fraction of sp³-hybridized carbons (Fsp3) is 0.875. The number of nitrogens with zero attached hydrogens (tertiary/aromatic N) is 2. The maximum atomic E-state index is 5.20. The van der Waals surface area contributed by atoms with Crippen molar-refractivity contribution in [1.29, 1.82) is 0 Å². The summed E-state index contributed by atoms with van der Waals surface area (Å²) < 4.78 is 0.628. The number of piperidine rings is 1. The van der Waals surface area contributed by atoms with E-state index in [0.717, 1.165) is 12.5 Å². The number of hydrogen-bond acceptors (Lipinski definition) is 3. The minimum atomic E-state index is 0.628. The first kappa shape index (κ1) is 9.93. The van der Waals surface area contributed by atoms with Gasteiger partial charge in [0.2, 0.25) is 0 Å². The van der Waals surface area contributed by atoms with Crippen molar-refractivity contribution in [3.63, 3.8) is 0 Å².